The van der Waals surface area contributed by atoms with E-state index in [4.69, 9.17) is 23.5 Å². The Hall–Kier alpha value is -3.40. The van der Waals surface area contributed by atoms with Crippen LogP contribution >= 0.6 is 0 Å². The molecular formula is C22H21B3N8O. The van der Waals surface area contributed by atoms with Crippen LogP contribution in [0.5, 0.6) is 0 Å². The van der Waals surface area contributed by atoms with Gasteiger partial charge >= 0.3 is 0 Å². The molecule has 0 atom stereocenters. The van der Waals surface area contributed by atoms with E-state index in [2.05, 4.69) is 37.4 Å². The SMILES string of the molecule is [B]C([B])([B])n1cc(-c2ccc3cnc(NC(=O)c4cnn(C5CCN(C)CC5)c4)cc3n2)cn1. The first-order valence-corrected chi connectivity index (χ1v) is 11.0. The number of nitrogens with one attached hydrogen (secondary N) is 1. The van der Waals surface area contributed by atoms with E-state index in [-0.39, 0.29) is 5.91 Å². The number of nitrogens with zero attached hydrogens (tertiary/aromatic N) is 7. The molecule has 34 heavy (non-hydrogen) atoms. The first-order chi connectivity index (χ1) is 16.3. The molecule has 1 aliphatic heterocycles. The van der Waals surface area contributed by atoms with Gasteiger partial charge in [-0.15, -0.1) is 0 Å². The fraction of sp³-hybridized carbons (Fsp3) is 0.318. The zero-order chi connectivity index (χ0) is 23.9. The molecule has 12 heteroatoms. The van der Waals surface area contributed by atoms with Crippen molar-refractivity contribution in [2.75, 3.05) is 25.5 Å². The molecule has 0 aliphatic carbocycles. The molecule has 0 aromatic carbocycles. The van der Waals surface area contributed by atoms with Crippen LogP contribution in [0.1, 0.15) is 29.2 Å². The average molecular weight is 446 g/mol. The molecule has 4 aromatic rings. The maximum Gasteiger partial charge on any atom is 0.260 e. The summed E-state index contributed by atoms with van der Waals surface area (Å²) in [6.07, 6.45) is 10.3. The minimum absolute atomic E-state index is 0.270. The zero-order valence-electron chi connectivity index (χ0n) is 18.8. The van der Waals surface area contributed by atoms with Crippen molar-refractivity contribution in [1.82, 2.24) is 34.4 Å². The van der Waals surface area contributed by atoms with E-state index in [1.165, 1.54) is 4.68 Å². The number of anilines is 1. The van der Waals surface area contributed by atoms with Gasteiger partial charge in [0.25, 0.3) is 5.91 Å². The van der Waals surface area contributed by atoms with Crippen LogP contribution in [0.15, 0.2) is 49.2 Å². The molecule has 0 bridgehead atoms. The van der Waals surface area contributed by atoms with Crippen LogP contribution < -0.4 is 5.32 Å². The van der Waals surface area contributed by atoms with Crippen molar-refractivity contribution < 1.29 is 4.79 Å². The van der Waals surface area contributed by atoms with Crippen LogP contribution in [0, 0.1) is 0 Å². The van der Waals surface area contributed by atoms with Gasteiger partial charge in [-0.25, -0.2) is 9.97 Å². The Morgan fingerprint density at radius 2 is 1.88 bits per heavy atom. The summed E-state index contributed by atoms with van der Waals surface area (Å²) in [5.74, 6) is 0.128. The molecule has 9 nitrogen and oxygen atoms in total. The predicted molar refractivity (Wildman–Crippen MR) is 132 cm³/mol. The highest BCUT2D eigenvalue weighted by Gasteiger charge is 2.20. The van der Waals surface area contributed by atoms with Crippen molar-refractivity contribution in [3.63, 3.8) is 0 Å². The van der Waals surface area contributed by atoms with E-state index in [1.54, 1.807) is 37.1 Å². The lowest BCUT2D eigenvalue weighted by molar-refractivity contribution is 0.102. The molecule has 1 N–H and O–H groups in total. The molecule has 5 rings (SSSR count). The van der Waals surface area contributed by atoms with E-state index in [1.807, 2.05) is 16.8 Å². The van der Waals surface area contributed by atoms with Crippen molar-refractivity contribution in [2.45, 2.75) is 24.1 Å². The summed E-state index contributed by atoms with van der Waals surface area (Å²) in [5, 5.41) is 10.6. The number of hydrogen-bond acceptors (Lipinski definition) is 6. The van der Waals surface area contributed by atoms with Crippen molar-refractivity contribution in [1.29, 1.82) is 0 Å². The molecule has 164 valence electrons. The number of amides is 1. The van der Waals surface area contributed by atoms with Crippen LogP contribution in [0.3, 0.4) is 0 Å². The smallest absolute Gasteiger partial charge is 0.260 e. The Bertz CT molecular complexity index is 1340. The lowest BCUT2D eigenvalue weighted by atomic mass is 9.49. The highest BCUT2D eigenvalue weighted by atomic mass is 16.1. The van der Waals surface area contributed by atoms with Crippen LogP contribution in [0.2, 0.25) is 0 Å². The summed E-state index contributed by atoms with van der Waals surface area (Å²) >= 11 is 0. The molecular weight excluding hydrogens is 425 g/mol. The third-order valence-electron chi connectivity index (χ3n) is 6.02. The Balaban J connectivity index is 1.33. The Kier molecular flexibility index (Phi) is 5.77. The molecule has 5 heterocycles. The Labute approximate surface area is 201 Å². The molecule has 1 saturated heterocycles. The van der Waals surface area contributed by atoms with Gasteiger partial charge in [0.2, 0.25) is 0 Å². The van der Waals surface area contributed by atoms with Gasteiger partial charge in [0, 0.05) is 35.6 Å². The molecule has 0 saturated carbocycles. The molecule has 0 spiro atoms. The van der Waals surface area contributed by atoms with Gasteiger partial charge in [0.15, 0.2) is 0 Å². The highest BCUT2D eigenvalue weighted by molar-refractivity contribution is 6.56. The van der Waals surface area contributed by atoms with Gasteiger partial charge in [0.1, 0.15) is 5.82 Å². The van der Waals surface area contributed by atoms with Gasteiger partial charge in [-0.05, 0) is 50.3 Å². The summed E-state index contributed by atoms with van der Waals surface area (Å²) < 4.78 is 3.15. The maximum absolute atomic E-state index is 12.8. The summed E-state index contributed by atoms with van der Waals surface area (Å²) in [4.78, 5) is 24.1. The summed E-state index contributed by atoms with van der Waals surface area (Å²) in [7, 11) is 19.2. The van der Waals surface area contributed by atoms with Gasteiger partial charge in [-0.1, -0.05) is 0 Å². The second-order valence-electron chi connectivity index (χ2n) is 8.72. The van der Waals surface area contributed by atoms with E-state index in [9.17, 15) is 4.79 Å². The van der Waals surface area contributed by atoms with Gasteiger partial charge in [-0.3, -0.25) is 14.2 Å². The van der Waals surface area contributed by atoms with Crippen LogP contribution in [0.25, 0.3) is 22.2 Å². The molecule has 0 unspecified atom stereocenters. The summed E-state index contributed by atoms with van der Waals surface area (Å²) in [5.41, 5.74) is 2.52. The van der Waals surface area contributed by atoms with Crippen LogP contribution in [-0.4, -0.2) is 84.0 Å². The van der Waals surface area contributed by atoms with Crippen molar-refractivity contribution in [3.05, 3.63) is 54.7 Å². The summed E-state index contributed by atoms with van der Waals surface area (Å²) in [6, 6.07) is 5.76. The molecule has 1 fully saturated rings. The lowest BCUT2D eigenvalue weighted by Gasteiger charge is -2.28. The monoisotopic (exact) mass is 446 g/mol. The number of carbonyl (C=O) groups is 1. The topological polar surface area (TPSA) is 93.8 Å². The minimum atomic E-state index is -1.60. The third-order valence-corrected chi connectivity index (χ3v) is 6.02. The Morgan fingerprint density at radius 1 is 1.09 bits per heavy atom. The normalized spacial score (nSPS) is 15.6. The molecule has 6 radical (unpaired) electrons. The second kappa shape index (κ2) is 8.75. The lowest BCUT2D eigenvalue weighted by Crippen LogP contribution is -2.35. The van der Waals surface area contributed by atoms with Crippen molar-refractivity contribution >= 4 is 46.2 Å². The standard InChI is InChI=1S/C22H21B3N8O/c1-31-6-4-17(5-7-31)32-12-16(11-27-32)21(34)30-20-8-19-14(9-26-20)2-3-18(29-19)15-10-28-33(13-15)22(23,24)25/h2-3,8-13,17H,4-7H2,1H3,(H,26,30,34). The van der Waals surface area contributed by atoms with Gasteiger partial charge < -0.3 is 10.2 Å². The summed E-state index contributed by atoms with van der Waals surface area (Å²) in [6.45, 7) is 2.04. The van der Waals surface area contributed by atoms with Crippen LogP contribution in [-0.2, 0) is 5.24 Å². The van der Waals surface area contributed by atoms with E-state index >= 15 is 0 Å². The first-order valence-electron chi connectivity index (χ1n) is 11.0. The molecule has 1 amide bonds. The van der Waals surface area contributed by atoms with E-state index in [0.717, 1.165) is 31.3 Å². The van der Waals surface area contributed by atoms with Crippen molar-refractivity contribution in [3.8, 4) is 11.3 Å². The van der Waals surface area contributed by atoms with E-state index < -0.39 is 5.24 Å². The number of hydrogen-bond donors (Lipinski definition) is 1. The number of likely N-dealkylation sites (tertiary alicyclic amines) is 1. The predicted octanol–water partition coefficient (Wildman–Crippen LogP) is 1.28. The number of rotatable bonds is 5. The van der Waals surface area contributed by atoms with Gasteiger partial charge in [-0.2, -0.15) is 10.2 Å². The number of piperidine rings is 1. The average Bonchev–Trinajstić information content (AvgIpc) is 3.49. The fourth-order valence-corrected chi connectivity index (χ4v) is 4.02. The third kappa shape index (κ3) is 4.63. The van der Waals surface area contributed by atoms with E-state index in [0.29, 0.717) is 34.2 Å². The van der Waals surface area contributed by atoms with Gasteiger partial charge in [0.05, 0.1) is 58.7 Å². The number of aromatic nitrogens is 6. The Morgan fingerprint density at radius 3 is 2.62 bits per heavy atom. The highest BCUT2D eigenvalue weighted by Crippen LogP contribution is 2.24. The maximum atomic E-state index is 12.8. The molecule has 4 aromatic heterocycles. The van der Waals surface area contributed by atoms with Crippen LogP contribution in [0.4, 0.5) is 5.82 Å². The quantitative estimate of drug-likeness (QED) is 0.465. The largest absolute Gasteiger partial charge is 0.306 e. The number of carbonyl (C=O) groups excluding carboxylic acids is 1. The number of fused-ring (bicyclic) bond motifs is 1. The fourth-order valence-electron chi connectivity index (χ4n) is 4.02. The second-order valence-corrected chi connectivity index (χ2v) is 8.72. The first kappa shape index (κ1) is 22.4. The number of pyridine rings is 2. The minimum Gasteiger partial charge on any atom is -0.306 e. The zero-order valence-corrected chi connectivity index (χ0v) is 18.8. The van der Waals surface area contributed by atoms with Crippen molar-refractivity contribution in [2.24, 2.45) is 0 Å². The molecule has 1 aliphatic rings.